The number of hydrogen-bond donors (Lipinski definition) is 2. The maximum absolute atomic E-state index is 8.82. The highest BCUT2D eigenvalue weighted by molar-refractivity contribution is 5.41. The first-order chi connectivity index (χ1) is 11.8. The van der Waals surface area contributed by atoms with Crippen molar-refractivity contribution < 1.29 is 0 Å². The lowest BCUT2D eigenvalue weighted by Crippen LogP contribution is -2.02. The first-order valence-electron chi connectivity index (χ1n) is 8.73. The lowest BCUT2D eigenvalue weighted by molar-refractivity contribution is 0.703. The third kappa shape index (κ3) is 5.75. The van der Waals surface area contributed by atoms with E-state index in [2.05, 4.69) is 43.7 Å². The molecule has 0 unspecified atom stereocenters. The number of rotatable bonds is 4. The van der Waals surface area contributed by atoms with E-state index in [0.717, 1.165) is 24.2 Å². The fourth-order valence-electron chi connectivity index (χ4n) is 2.41. The van der Waals surface area contributed by atoms with Crippen LogP contribution in [-0.4, -0.2) is 9.97 Å². The SMILES string of the molecule is CC[C@@H](C)c1nc(N)ccc1C.CC[C@H](C)c1nc(N)ccc1C#N. The summed E-state index contributed by atoms with van der Waals surface area (Å²) in [7, 11) is 0. The smallest absolute Gasteiger partial charge is 0.123 e. The molecule has 2 atom stereocenters. The van der Waals surface area contributed by atoms with Gasteiger partial charge in [0.2, 0.25) is 0 Å². The Morgan fingerprint density at radius 2 is 1.40 bits per heavy atom. The van der Waals surface area contributed by atoms with Crippen LogP contribution in [0.5, 0.6) is 0 Å². The number of nitrogens with zero attached hydrogens (tertiary/aromatic N) is 3. The molecule has 0 aromatic carbocycles. The van der Waals surface area contributed by atoms with E-state index in [0.29, 0.717) is 23.1 Å². The molecule has 0 aliphatic heterocycles. The van der Waals surface area contributed by atoms with Gasteiger partial charge in [-0.2, -0.15) is 5.26 Å². The molecular formula is C20H29N5. The number of pyridine rings is 2. The molecule has 5 heteroatoms. The Labute approximate surface area is 151 Å². The van der Waals surface area contributed by atoms with Crippen molar-refractivity contribution in [1.82, 2.24) is 9.97 Å². The zero-order chi connectivity index (χ0) is 19.0. The molecule has 134 valence electrons. The Hall–Kier alpha value is -2.61. The van der Waals surface area contributed by atoms with Gasteiger partial charge in [0.25, 0.3) is 0 Å². The maximum atomic E-state index is 8.82. The zero-order valence-electron chi connectivity index (χ0n) is 15.9. The van der Waals surface area contributed by atoms with Gasteiger partial charge in [0, 0.05) is 5.69 Å². The molecular weight excluding hydrogens is 310 g/mol. The molecule has 25 heavy (non-hydrogen) atoms. The Balaban J connectivity index is 0.000000251. The topological polar surface area (TPSA) is 102 Å². The number of hydrogen-bond acceptors (Lipinski definition) is 5. The minimum Gasteiger partial charge on any atom is -0.384 e. The van der Waals surface area contributed by atoms with Crippen LogP contribution in [0.2, 0.25) is 0 Å². The highest BCUT2D eigenvalue weighted by Gasteiger charge is 2.10. The fourth-order valence-corrected chi connectivity index (χ4v) is 2.41. The Kier molecular flexibility index (Phi) is 7.87. The van der Waals surface area contributed by atoms with Crippen LogP contribution < -0.4 is 11.5 Å². The van der Waals surface area contributed by atoms with Crippen molar-refractivity contribution in [3.05, 3.63) is 46.8 Å². The molecule has 2 rings (SSSR count). The van der Waals surface area contributed by atoms with Crippen LogP contribution in [0, 0.1) is 18.3 Å². The van der Waals surface area contributed by atoms with E-state index in [9.17, 15) is 0 Å². The van der Waals surface area contributed by atoms with Crippen LogP contribution in [0.3, 0.4) is 0 Å². The van der Waals surface area contributed by atoms with E-state index < -0.39 is 0 Å². The highest BCUT2D eigenvalue weighted by Crippen LogP contribution is 2.21. The third-order valence-corrected chi connectivity index (χ3v) is 4.38. The van der Waals surface area contributed by atoms with Crippen LogP contribution in [0.4, 0.5) is 11.6 Å². The van der Waals surface area contributed by atoms with Crippen LogP contribution in [0.15, 0.2) is 24.3 Å². The van der Waals surface area contributed by atoms with Crippen molar-refractivity contribution in [3.8, 4) is 6.07 Å². The monoisotopic (exact) mass is 339 g/mol. The first kappa shape index (κ1) is 20.4. The summed E-state index contributed by atoms with van der Waals surface area (Å²) in [6.07, 6.45) is 2.07. The summed E-state index contributed by atoms with van der Waals surface area (Å²) in [6.45, 7) is 10.5. The summed E-state index contributed by atoms with van der Waals surface area (Å²) in [5.74, 6) is 1.90. The maximum Gasteiger partial charge on any atom is 0.123 e. The van der Waals surface area contributed by atoms with Crippen molar-refractivity contribution >= 4 is 11.6 Å². The second-order valence-corrected chi connectivity index (χ2v) is 6.34. The lowest BCUT2D eigenvalue weighted by Gasteiger charge is -2.11. The minimum atomic E-state index is 0.290. The number of nitriles is 1. The van der Waals surface area contributed by atoms with E-state index in [1.807, 2.05) is 19.1 Å². The summed E-state index contributed by atoms with van der Waals surface area (Å²) in [4.78, 5) is 8.49. The van der Waals surface area contributed by atoms with Gasteiger partial charge in [0.1, 0.15) is 17.7 Å². The molecule has 2 aromatic rings. The predicted molar refractivity (Wildman–Crippen MR) is 104 cm³/mol. The molecule has 0 aliphatic rings. The zero-order valence-corrected chi connectivity index (χ0v) is 15.9. The van der Waals surface area contributed by atoms with Gasteiger partial charge in [-0.15, -0.1) is 0 Å². The molecule has 2 heterocycles. The van der Waals surface area contributed by atoms with E-state index in [1.165, 1.54) is 5.56 Å². The summed E-state index contributed by atoms with van der Waals surface area (Å²) >= 11 is 0. The molecule has 0 saturated heterocycles. The van der Waals surface area contributed by atoms with E-state index in [1.54, 1.807) is 12.1 Å². The van der Waals surface area contributed by atoms with Gasteiger partial charge in [0.15, 0.2) is 0 Å². The van der Waals surface area contributed by atoms with Gasteiger partial charge in [-0.1, -0.05) is 33.8 Å². The van der Waals surface area contributed by atoms with Gasteiger partial charge in [-0.05, 0) is 55.4 Å². The number of aromatic nitrogens is 2. The van der Waals surface area contributed by atoms with Crippen molar-refractivity contribution in [2.45, 2.75) is 59.3 Å². The van der Waals surface area contributed by atoms with E-state index in [-0.39, 0.29) is 5.92 Å². The van der Waals surface area contributed by atoms with E-state index >= 15 is 0 Å². The molecule has 0 spiro atoms. The van der Waals surface area contributed by atoms with Crippen LogP contribution in [0.25, 0.3) is 0 Å². The van der Waals surface area contributed by atoms with Crippen molar-refractivity contribution in [2.24, 2.45) is 0 Å². The molecule has 0 radical (unpaired) electrons. The molecule has 0 aliphatic carbocycles. The highest BCUT2D eigenvalue weighted by atomic mass is 14.8. The molecule has 5 nitrogen and oxygen atoms in total. The Morgan fingerprint density at radius 3 is 1.92 bits per heavy atom. The average molecular weight is 339 g/mol. The second-order valence-electron chi connectivity index (χ2n) is 6.34. The molecule has 0 saturated carbocycles. The van der Waals surface area contributed by atoms with Gasteiger partial charge in [-0.25, -0.2) is 9.97 Å². The first-order valence-corrected chi connectivity index (χ1v) is 8.73. The molecule has 4 N–H and O–H groups in total. The number of nitrogen functional groups attached to an aromatic ring is 2. The number of anilines is 2. The van der Waals surface area contributed by atoms with Gasteiger partial charge >= 0.3 is 0 Å². The van der Waals surface area contributed by atoms with Crippen LogP contribution in [0.1, 0.15) is 74.9 Å². The summed E-state index contributed by atoms with van der Waals surface area (Å²) in [5, 5.41) is 8.82. The normalized spacial score (nSPS) is 12.5. The lowest BCUT2D eigenvalue weighted by atomic mass is 10.00. The van der Waals surface area contributed by atoms with Crippen molar-refractivity contribution in [1.29, 1.82) is 5.26 Å². The van der Waals surface area contributed by atoms with Gasteiger partial charge < -0.3 is 11.5 Å². The molecule has 0 amide bonds. The Bertz CT molecular complexity index is 733. The summed E-state index contributed by atoms with van der Waals surface area (Å²) in [6, 6.07) is 9.38. The minimum absolute atomic E-state index is 0.290. The molecule has 0 fully saturated rings. The summed E-state index contributed by atoms with van der Waals surface area (Å²) < 4.78 is 0. The quantitative estimate of drug-likeness (QED) is 0.851. The van der Waals surface area contributed by atoms with Crippen LogP contribution in [-0.2, 0) is 0 Å². The fraction of sp³-hybridized carbons (Fsp3) is 0.450. The standard InChI is InChI=1S/C10H13N3.C10H16N2/c1-3-7(2)10-8(6-11)4-5-9(12)13-10;1-4-7(2)10-8(3)5-6-9(11)12-10/h4-5,7H,3H2,1-2H3,(H2,12,13);5-7H,4H2,1-3H3,(H2,11,12)/t2*7-/m01/s1. The van der Waals surface area contributed by atoms with Crippen molar-refractivity contribution in [2.75, 3.05) is 11.5 Å². The van der Waals surface area contributed by atoms with Crippen LogP contribution >= 0.6 is 0 Å². The largest absolute Gasteiger partial charge is 0.384 e. The summed E-state index contributed by atoms with van der Waals surface area (Å²) in [5.41, 5.74) is 15.0. The average Bonchev–Trinajstić information content (AvgIpc) is 2.62. The third-order valence-electron chi connectivity index (χ3n) is 4.38. The number of aryl methyl sites for hydroxylation is 1. The second kappa shape index (κ2) is 9.63. The number of nitrogens with two attached hydrogens (primary N) is 2. The van der Waals surface area contributed by atoms with Gasteiger partial charge in [0.05, 0.1) is 11.3 Å². The van der Waals surface area contributed by atoms with E-state index in [4.69, 9.17) is 16.7 Å². The Morgan fingerprint density at radius 1 is 0.920 bits per heavy atom. The van der Waals surface area contributed by atoms with Gasteiger partial charge in [-0.3, -0.25) is 0 Å². The predicted octanol–water partition coefficient (Wildman–Crippen LogP) is 4.53. The molecule has 2 aromatic heterocycles. The molecule has 0 bridgehead atoms. The van der Waals surface area contributed by atoms with Crippen molar-refractivity contribution in [3.63, 3.8) is 0 Å².